The number of aryl methyl sites for hydroxylation is 3. The van der Waals surface area contributed by atoms with Crippen molar-refractivity contribution in [1.82, 2.24) is 14.9 Å². The van der Waals surface area contributed by atoms with Crippen LogP contribution < -0.4 is 0 Å². The fraction of sp³-hybridized carbons (Fsp3) is 0.500. The summed E-state index contributed by atoms with van der Waals surface area (Å²) in [5, 5.41) is 8.91. The van der Waals surface area contributed by atoms with Crippen LogP contribution in [0.4, 0.5) is 0 Å². The lowest BCUT2D eigenvalue weighted by molar-refractivity contribution is -0.136. The number of carboxylic acids is 1. The van der Waals surface area contributed by atoms with E-state index in [0.717, 1.165) is 42.2 Å². The number of aliphatic carboxylic acids is 1. The molecule has 0 bridgehead atoms. The number of carboxylic acid groups (broad SMARTS) is 1. The molecule has 2 aromatic rings. The van der Waals surface area contributed by atoms with Crippen molar-refractivity contribution in [2.45, 2.75) is 52.1 Å². The van der Waals surface area contributed by atoms with Crippen molar-refractivity contribution in [2.75, 3.05) is 6.54 Å². The number of aromatic nitrogens is 2. The van der Waals surface area contributed by atoms with E-state index in [9.17, 15) is 4.79 Å². The van der Waals surface area contributed by atoms with Crippen molar-refractivity contribution >= 4 is 17.3 Å². The molecule has 6 heteroatoms. The van der Waals surface area contributed by atoms with Crippen molar-refractivity contribution < 1.29 is 9.90 Å². The normalized spacial score (nSPS) is 18.2. The zero-order valence-electron chi connectivity index (χ0n) is 14.2. The largest absolute Gasteiger partial charge is 0.481 e. The zero-order valence-corrected chi connectivity index (χ0v) is 15.0. The first-order valence-corrected chi connectivity index (χ1v) is 9.23. The standard InChI is InChI=1S/C18H23N3O2S/c1-12-8-14(5-6-18(22)23)9-15(20-12)16-4-3-7-21(16)10-17-13(2)19-11-24-17/h8-9,11,16H,3-7,10H2,1-2H3,(H,22,23). The highest BCUT2D eigenvalue weighted by molar-refractivity contribution is 7.09. The number of rotatable bonds is 6. The summed E-state index contributed by atoms with van der Waals surface area (Å²) in [5.74, 6) is -0.755. The maximum absolute atomic E-state index is 10.8. The first-order valence-electron chi connectivity index (χ1n) is 8.35. The number of likely N-dealkylation sites (tertiary alicyclic amines) is 1. The average molecular weight is 345 g/mol. The van der Waals surface area contributed by atoms with Crippen molar-refractivity contribution in [3.05, 3.63) is 45.2 Å². The van der Waals surface area contributed by atoms with Crippen LogP contribution >= 0.6 is 11.3 Å². The van der Waals surface area contributed by atoms with Crippen molar-refractivity contribution in [2.24, 2.45) is 0 Å². The quantitative estimate of drug-likeness (QED) is 0.868. The van der Waals surface area contributed by atoms with Gasteiger partial charge in [0.15, 0.2) is 0 Å². The number of thiazole rings is 1. The van der Waals surface area contributed by atoms with Gasteiger partial charge in [0, 0.05) is 23.5 Å². The lowest BCUT2D eigenvalue weighted by atomic mass is 10.0. The molecule has 1 aliphatic rings. The van der Waals surface area contributed by atoms with Gasteiger partial charge in [0.1, 0.15) is 0 Å². The van der Waals surface area contributed by atoms with E-state index in [-0.39, 0.29) is 6.42 Å². The third-order valence-electron chi connectivity index (χ3n) is 4.56. The molecular weight excluding hydrogens is 322 g/mol. The summed E-state index contributed by atoms with van der Waals surface area (Å²) < 4.78 is 0. The second-order valence-corrected chi connectivity index (χ2v) is 7.36. The molecular formula is C18H23N3O2S. The van der Waals surface area contributed by atoms with Gasteiger partial charge in [0.25, 0.3) is 0 Å². The summed E-state index contributed by atoms with van der Waals surface area (Å²) in [7, 11) is 0. The Hall–Kier alpha value is -1.79. The molecule has 24 heavy (non-hydrogen) atoms. The van der Waals surface area contributed by atoms with Crippen LogP contribution in [0.3, 0.4) is 0 Å². The van der Waals surface area contributed by atoms with Crippen LogP contribution in [0.5, 0.6) is 0 Å². The fourth-order valence-corrected chi connectivity index (χ4v) is 4.15. The van der Waals surface area contributed by atoms with Crippen LogP contribution in [0.25, 0.3) is 0 Å². The Balaban J connectivity index is 1.78. The van der Waals surface area contributed by atoms with Gasteiger partial charge in [-0.05, 0) is 57.4 Å². The van der Waals surface area contributed by atoms with E-state index in [0.29, 0.717) is 12.5 Å². The summed E-state index contributed by atoms with van der Waals surface area (Å²) in [6.45, 7) is 6.04. The Bertz CT molecular complexity index is 729. The van der Waals surface area contributed by atoms with E-state index >= 15 is 0 Å². The minimum absolute atomic E-state index is 0.164. The van der Waals surface area contributed by atoms with Gasteiger partial charge in [-0.1, -0.05) is 0 Å². The number of carbonyl (C=O) groups is 1. The second kappa shape index (κ2) is 7.40. The highest BCUT2D eigenvalue weighted by atomic mass is 32.1. The smallest absolute Gasteiger partial charge is 0.303 e. The Morgan fingerprint density at radius 1 is 1.42 bits per heavy atom. The van der Waals surface area contributed by atoms with Crippen LogP contribution in [0.1, 0.15) is 52.8 Å². The van der Waals surface area contributed by atoms with Crippen molar-refractivity contribution in [3.8, 4) is 0 Å². The van der Waals surface area contributed by atoms with E-state index < -0.39 is 5.97 Å². The topological polar surface area (TPSA) is 66.3 Å². The maximum atomic E-state index is 10.8. The van der Waals surface area contributed by atoms with Gasteiger partial charge in [0.05, 0.1) is 22.9 Å². The van der Waals surface area contributed by atoms with Crippen LogP contribution in [0.2, 0.25) is 0 Å². The summed E-state index contributed by atoms with van der Waals surface area (Å²) >= 11 is 1.71. The van der Waals surface area contributed by atoms with E-state index in [1.54, 1.807) is 11.3 Å². The van der Waals surface area contributed by atoms with Gasteiger partial charge in [-0.2, -0.15) is 0 Å². The maximum Gasteiger partial charge on any atom is 0.303 e. The molecule has 0 aromatic carbocycles. The number of nitrogens with zero attached hydrogens (tertiary/aromatic N) is 3. The lowest BCUT2D eigenvalue weighted by Gasteiger charge is -2.24. The Morgan fingerprint density at radius 2 is 2.25 bits per heavy atom. The Morgan fingerprint density at radius 3 is 2.96 bits per heavy atom. The van der Waals surface area contributed by atoms with Crippen LogP contribution in [0.15, 0.2) is 17.6 Å². The molecule has 3 rings (SSSR count). The highest BCUT2D eigenvalue weighted by Gasteiger charge is 2.28. The van der Waals surface area contributed by atoms with Gasteiger partial charge in [-0.3, -0.25) is 14.7 Å². The monoisotopic (exact) mass is 345 g/mol. The molecule has 0 aliphatic carbocycles. The summed E-state index contributed by atoms with van der Waals surface area (Å²) in [6, 6.07) is 4.41. The first-order chi connectivity index (χ1) is 11.5. The van der Waals surface area contributed by atoms with E-state index in [4.69, 9.17) is 10.1 Å². The second-order valence-electron chi connectivity index (χ2n) is 6.42. The van der Waals surface area contributed by atoms with E-state index in [1.807, 2.05) is 18.5 Å². The average Bonchev–Trinajstić information content (AvgIpc) is 3.15. The third-order valence-corrected chi connectivity index (χ3v) is 5.48. The molecule has 0 spiro atoms. The molecule has 1 aliphatic heterocycles. The lowest BCUT2D eigenvalue weighted by Crippen LogP contribution is -2.23. The number of hydrogen-bond donors (Lipinski definition) is 1. The Kier molecular flexibility index (Phi) is 5.26. The first kappa shape index (κ1) is 17.0. The third kappa shape index (κ3) is 3.99. The summed E-state index contributed by atoms with van der Waals surface area (Å²) in [6.07, 6.45) is 3.00. The minimum atomic E-state index is -0.755. The van der Waals surface area contributed by atoms with Gasteiger partial charge in [-0.15, -0.1) is 11.3 Å². The van der Waals surface area contributed by atoms with Gasteiger partial charge >= 0.3 is 5.97 Å². The molecule has 1 atom stereocenters. The van der Waals surface area contributed by atoms with E-state index in [2.05, 4.69) is 22.9 Å². The molecule has 0 saturated carbocycles. The van der Waals surface area contributed by atoms with Crippen molar-refractivity contribution in [3.63, 3.8) is 0 Å². The molecule has 1 N–H and O–H groups in total. The van der Waals surface area contributed by atoms with Gasteiger partial charge in [-0.25, -0.2) is 4.98 Å². The molecule has 1 saturated heterocycles. The zero-order chi connectivity index (χ0) is 17.1. The molecule has 3 heterocycles. The van der Waals surface area contributed by atoms with Crippen molar-refractivity contribution in [1.29, 1.82) is 0 Å². The predicted molar refractivity (Wildman–Crippen MR) is 94.2 cm³/mol. The van der Waals surface area contributed by atoms with Crippen LogP contribution in [-0.4, -0.2) is 32.5 Å². The van der Waals surface area contributed by atoms with Crippen LogP contribution in [0, 0.1) is 13.8 Å². The Labute approximate surface area is 146 Å². The number of pyridine rings is 1. The predicted octanol–water partition coefficient (Wildman–Crippen LogP) is 3.51. The fourth-order valence-electron chi connectivity index (χ4n) is 3.35. The molecule has 1 fully saturated rings. The van der Waals surface area contributed by atoms with Crippen LogP contribution in [-0.2, 0) is 17.8 Å². The highest BCUT2D eigenvalue weighted by Crippen LogP contribution is 2.33. The van der Waals surface area contributed by atoms with E-state index in [1.165, 1.54) is 11.3 Å². The van der Waals surface area contributed by atoms with Gasteiger partial charge < -0.3 is 5.11 Å². The molecule has 0 radical (unpaired) electrons. The number of hydrogen-bond acceptors (Lipinski definition) is 5. The minimum Gasteiger partial charge on any atom is -0.481 e. The molecule has 128 valence electrons. The molecule has 0 amide bonds. The summed E-state index contributed by atoms with van der Waals surface area (Å²) in [4.78, 5) is 23.7. The molecule has 5 nitrogen and oxygen atoms in total. The van der Waals surface area contributed by atoms with Gasteiger partial charge in [0.2, 0.25) is 0 Å². The summed E-state index contributed by atoms with van der Waals surface area (Å²) in [5.41, 5.74) is 6.14. The SMILES string of the molecule is Cc1cc(CCC(=O)O)cc(C2CCCN2Cc2scnc2C)n1. The molecule has 1 unspecified atom stereocenters. The molecule has 2 aromatic heterocycles.